The lowest BCUT2D eigenvalue weighted by Gasteiger charge is -2.37. The van der Waals surface area contributed by atoms with Gasteiger partial charge in [-0.05, 0) is 70.5 Å². The third-order valence-electron chi connectivity index (χ3n) is 7.47. The number of allylic oxidation sites excluding steroid dienone is 2. The molecule has 3 aliphatic rings. The lowest BCUT2D eigenvalue weighted by atomic mass is 9.92. The molecule has 0 spiro atoms. The van der Waals surface area contributed by atoms with Crippen LogP contribution in [-0.2, 0) is 4.79 Å². The zero-order valence-corrected chi connectivity index (χ0v) is 21.5. The largest absolute Gasteiger partial charge is 0.353 e. The van der Waals surface area contributed by atoms with Gasteiger partial charge in [-0.3, -0.25) is 14.7 Å². The lowest BCUT2D eigenvalue weighted by molar-refractivity contribution is -0.137. The van der Waals surface area contributed by atoms with E-state index in [9.17, 15) is 14.4 Å². The molecule has 5 N–H and O–H groups in total. The van der Waals surface area contributed by atoms with Crippen LogP contribution in [0.15, 0.2) is 23.1 Å². The number of carbonyl (C=O) groups excluding carboxylic acids is 2. The van der Waals surface area contributed by atoms with E-state index in [4.69, 9.17) is 11.5 Å². The van der Waals surface area contributed by atoms with Crippen molar-refractivity contribution >= 4 is 23.5 Å². The SMILES string of the molecule is CC(C)(N)C(=O)N1CCN(C(=O)Nc2ccn(C3=CCC(CN4CC[C@H](CN)C4)CC3)c(=O)n2)CC1. The molecule has 3 heterocycles. The monoisotopic (exact) mass is 500 g/mol. The summed E-state index contributed by atoms with van der Waals surface area (Å²) in [5.74, 6) is 1.31. The molecule has 2 saturated heterocycles. The minimum atomic E-state index is -0.936. The molecular weight excluding hydrogens is 460 g/mol. The molecule has 0 saturated carbocycles. The molecule has 0 bridgehead atoms. The number of anilines is 1. The van der Waals surface area contributed by atoms with Gasteiger partial charge in [0, 0.05) is 51.2 Å². The van der Waals surface area contributed by atoms with Crippen LogP contribution >= 0.6 is 0 Å². The molecule has 0 aromatic carbocycles. The van der Waals surface area contributed by atoms with Crippen LogP contribution in [0, 0.1) is 11.8 Å². The number of nitrogens with zero attached hydrogens (tertiary/aromatic N) is 5. The number of nitrogens with two attached hydrogens (primary N) is 2. The maximum Gasteiger partial charge on any atom is 0.353 e. The minimum Gasteiger partial charge on any atom is -0.338 e. The topological polar surface area (TPSA) is 143 Å². The number of hydrogen-bond donors (Lipinski definition) is 3. The van der Waals surface area contributed by atoms with Gasteiger partial charge >= 0.3 is 11.7 Å². The van der Waals surface area contributed by atoms with E-state index in [1.807, 2.05) is 0 Å². The zero-order valence-electron chi connectivity index (χ0n) is 21.5. The minimum absolute atomic E-state index is 0.132. The van der Waals surface area contributed by atoms with Gasteiger partial charge in [-0.2, -0.15) is 4.98 Å². The summed E-state index contributed by atoms with van der Waals surface area (Å²) < 4.78 is 1.57. The average molecular weight is 501 g/mol. The lowest BCUT2D eigenvalue weighted by Crippen LogP contribution is -2.58. The van der Waals surface area contributed by atoms with Crippen molar-refractivity contribution in [3.63, 3.8) is 0 Å². The second-order valence-corrected chi connectivity index (χ2v) is 10.9. The van der Waals surface area contributed by atoms with Crippen molar-refractivity contribution in [2.45, 2.75) is 45.1 Å². The van der Waals surface area contributed by atoms with Crippen LogP contribution in [0.25, 0.3) is 5.70 Å². The Morgan fingerprint density at radius 1 is 1.11 bits per heavy atom. The van der Waals surface area contributed by atoms with Crippen molar-refractivity contribution in [3.8, 4) is 0 Å². The number of amides is 3. The van der Waals surface area contributed by atoms with Crippen molar-refractivity contribution < 1.29 is 9.59 Å². The van der Waals surface area contributed by atoms with Crippen molar-refractivity contribution in [2.24, 2.45) is 23.3 Å². The summed E-state index contributed by atoms with van der Waals surface area (Å²) in [6.07, 6.45) is 7.83. The van der Waals surface area contributed by atoms with E-state index in [0.29, 0.717) is 38.0 Å². The zero-order chi connectivity index (χ0) is 25.9. The van der Waals surface area contributed by atoms with Gasteiger partial charge in [0.15, 0.2) is 0 Å². The number of aromatic nitrogens is 2. The Balaban J connectivity index is 1.28. The highest BCUT2D eigenvalue weighted by Crippen LogP contribution is 2.28. The molecule has 1 aromatic rings. The standard InChI is InChI=1S/C25H40N8O3/c1-25(2,27)22(34)31-11-13-32(14-12-31)23(35)28-21-8-10-33(24(36)29-21)20-5-3-18(4-6-20)16-30-9-7-19(15-26)17-30/h5,8,10,18-19H,3-4,6-7,9,11-17,26-27H2,1-2H3,(H,28,29,35,36)/t18?,19-/m1/s1. The first kappa shape index (κ1) is 26.3. The molecule has 1 aliphatic carbocycles. The van der Waals surface area contributed by atoms with Gasteiger partial charge in [-0.15, -0.1) is 0 Å². The maximum absolute atomic E-state index is 12.7. The second-order valence-electron chi connectivity index (χ2n) is 10.9. The van der Waals surface area contributed by atoms with E-state index in [1.165, 1.54) is 6.42 Å². The smallest absolute Gasteiger partial charge is 0.338 e. The number of likely N-dealkylation sites (tertiary alicyclic amines) is 1. The van der Waals surface area contributed by atoms with E-state index in [-0.39, 0.29) is 17.8 Å². The van der Waals surface area contributed by atoms with Crippen LogP contribution in [-0.4, -0.2) is 94.1 Å². The van der Waals surface area contributed by atoms with Gasteiger partial charge in [-0.1, -0.05) is 6.08 Å². The fourth-order valence-electron chi connectivity index (χ4n) is 5.30. The molecule has 1 unspecified atom stereocenters. The Morgan fingerprint density at radius 3 is 2.42 bits per heavy atom. The second kappa shape index (κ2) is 11.1. The number of carbonyl (C=O) groups is 2. The number of rotatable bonds is 6. The highest BCUT2D eigenvalue weighted by atomic mass is 16.2. The van der Waals surface area contributed by atoms with Crippen molar-refractivity contribution in [2.75, 3.05) is 57.7 Å². The Bertz CT molecular complexity index is 1040. The number of urea groups is 1. The van der Waals surface area contributed by atoms with Gasteiger partial charge in [0.25, 0.3) is 0 Å². The van der Waals surface area contributed by atoms with Gasteiger partial charge in [0.05, 0.1) is 5.54 Å². The Morgan fingerprint density at radius 2 is 1.83 bits per heavy atom. The highest BCUT2D eigenvalue weighted by molar-refractivity contribution is 5.89. The summed E-state index contributed by atoms with van der Waals surface area (Å²) in [7, 11) is 0. The van der Waals surface area contributed by atoms with Crippen molar-refractivity contribution in [1.29, 1.82) is 0 Å². The molecule has 198 valence electrons. The Labute approximate surface area is 212 Å². The average Bonchev–Trinajstić information content (AvgIpc) is 3.31. The fourth-order valence-corrected chi connectivity index (χ4v) is 5.30. The summed E-state index contributed by atoms with van der Waals surface area (Å²) in [6, 6.07) is 1.32. The predicted molar refractivity (Wildman–Crippen MR) is 139 cm³/mol. The Hall–Kier alpha value is -2.76. The first-order chi connectivity index (χ1) is 17.1. The quantitative estimate of drug-likeness (QED) is 0.518. The molecular formula is C25H40N8O3. The van der Waals surface area contributed by atoms with Gasteiger partial charge < -0.3 is 26.2 Å². The van der Waals surface area contributed by atoms with Gasteiger partial charge in [-0.25, -0.2) is 9.59 Å². The summed E-state index contributed by atoms with van der Waals surface area (Å²) in [5, 5.41) is 2.71. The Kier molecular flexibility index (Phi) is 8.11. The third-order valence-corrected chi connectivity index (χ3v) is 7.47. The summed E-state index contributed by atoms with van der Waals surface area (Å²) in [6.45, 7) is 9.06. The van der Waals surface area contributed by atoms with Gasteiger partial charge in [0.2, 0.25) is 5.91 Å². The van der Waals surface area contributed by atoms with E-state index in [2.05, 4.69) is 21.3 Å². The van der Waals surface area contributed by atoms with Crippen molar-refractivity contribution in [1.82, 2.24) is 24.3 Å². The van der Waals surface area contributed by atoms with E-state index in [0.717, 1.165) is 51.1 Å². The fraction of sp³-hybridized carbons (Fsp3) is 0.680. The number of nitrogens with one attached hydrogen (secondary N) is 1. The van der Waals surface area contributed by atoms with Gasteiger partial charge in [0.1, 0.15) is 5.82 Å². The molecule has 2 aliphatic heterocycles. The van der Waals surface area contributed by atoms with Crippen LogP contribution in [0.3, 0.4) is 0 Å². The van der Waals surface area contributed by atoms with Crippen LogP contribution in [0.5, 0.6) is 0 Å². The van der Waals surface area contributed by atoms with Crippen LogP contribution in [0.1, 0.15) is 39.5 Å². The van der Waals surface area contributed by atoms with Crippen LogP contribution < -0.4 is 22.5 Å². The normalized spacial score (nSPS) is 23.5. The summed E-state index contributed by atoms with van der Waals surface area (Å²) in [5.41, 5.74) is 11.3. The highest BCUT2D eigenvalue weighted by Gasteiger charge is 2.31. The van der Waals surface area contributed by atoms with Crippen LogP contribution in [0.4, 0.5) is 10.6 Å². The molecule has 2 fully saturated rings. The maximum atomic E-state index is 12.7. The molecule has 4 rings (SSSR count). The van der Waals surface area contributed by atoms with E-state index >= 15 is 0 Å². The molecule has 0 radical (unpaired) electrons. The third kappa shape index (κ3) is 6.32. The number of hydrogen-bond acceptors (Lipinski definition) is 7. The van der Waals surface area contributed by atoms with Crippen molar-refractivity contribution in [3.05, 3.63) is 28.8 Å². The molecule has 1 aromatic heterocycles. The molecule has 3 amide bonds. The summed E-state index contributed by atoms with van der Waals surface area (Å²) >= 11 is 0. The predicted octanol–water partition coefficient (Wildman–Crippen LogP) is 0.578. The number of piperazine rings is 1. The summed E-state index contributed by atoms with van der Waals surface area (Å²) in [4.78, 5) is 47.6. The molecule has 2 atom stereocenters. The molecule has 36 heavy (non-hydrogen) atoms. The first-order valence-electron chi connectivity index (χ1n) is 13.0. The molecule has 11 heteroatoms. The van der Waals surface area contributed by atoms with E-state index in [1.54, 1.807) is 40.5 Å². The van der Waals surface area contributed by atoms with Crippen LogP contribution in [0.2, 0.25) is 0 Å². The first-order valence-corrected chi connectivity index (χ1v) is 13.0. The molecule has 11 nitrogen and oxygen atoms in total. The van der Waals surface area contributed by atoms with E-state index < -0.39 is 11.2 Å².